The maximum Gasteiger partial charge on any atom is 0.157 e. The summed E-state index contributed by atoms with van der Waals surface area (Å²) < 4.78 is 0. The zero-order valence-electron chi connectivity index (χ0n) is 9.29. The molecule has 3 rings (SSSR count). The van der Waals surface area contributed by atoms with E-state index in [0.29, 0.717) is 0 Å². The van der Waals surface area contributed by atoms with Gasteiger partial charge in [0.15, 0.2) is 5.82 Å². The Kier molecular flexibility index (Phi) is 2.68. The van der Waals surface area contributed by atoms with Crippen LogP contribution in [-0.4, -0.2) is 20.1 Å². The number of hydrogen-bond donors (Lipinski definition) is 1. The molecule has 0 saturated heterocycles. The van der Waals surface area contributed by atoms with Crippen molar-refractivity contribution in [3.63, 3.8) is 0 Å². The van der Waals surface area contributed by atoms with Crippen LogP contribution in [0.4, 0.5) is 5.69 Å². The molecule has 86 valence electrons. The van der Waals surface area contributed by atoms with Crippen molar-refractivity contribution in [1.82, 2.24) is 15.0 Å². The van der Waals surface area contributed by atoms with Crippen molar-refractivity contribution in [3.8, 4) is 11.5 Å². The summed E-state index contributed by atoms with van der Waals surface area (Å²) in [4.78, 5) is 15.9. The van der Waals surface area contributed by atoms with Gasteiger partial charge in [-0.1, -0.05) is 12.1 Å². The molecule has 2 heterocycles. The predicted octanol–water partition coefficient (Wildman–Crippen LogP) is 3.36. The van der Waals surface area contributed by atoms with Crippen molar-refractivity contribution in [3.05, 3.63) is 42.6 Å². The number of H-pyrrole nitrogens is 1. The van der Waals surface area contributed by atoms with E-state index in [1.165, 1.54) is 0 Å². The number of pyridine rings is 1. The van der Waals surface area contributed by atoms with E-state index in [1.807, 2.05) is 30.3 Å². The molecule has 0 fully saturated rings. The van der Waals surface area contributed by atoms with Crippen LogP contribution in [0.3, 0.4) is 0 Å². The zero-order chi connectivity index (χ0) is 12.4. The molecule has 0 aliphatic heterocycles. The Morgan fingerprint density at radius 1 is 1.22 bits per heavy atom. The van der Waals surface area contributed by atoms with Crippen LogP contribution in [0.5, 0.6) is 0 Å². The number of hydrogen-bond acceptors (Lipinski definition) is 4. The van der Waals surface area contributed by atoms with Crippen LogP contribution in [-0.2, 0) is 0 Å². The normalized spacial score (nSPS) is 10.2. The number of aromatic nitrogens is 3. The maximum atomic E-state index is 4.59. The molecule has 0 saturated carbocycles. The van der Waals surface area contributed by atoms with E-state index in [0.717, 1.165) is 28.2 Å². The summed E-state index contributed by atoms with van der Waals surface area (Å²) in [5, 5.41) is 2.34. The SMILES string of the molecule is S=C=Nc1ccnc(-c2nc3ccccc3[nH]2)c1. The highest BCUT2D eigenvalue weighted by atomic mass is 32.1. The summed E-state index contributed by atoms with van der Waals surface area (Å²) >= 11 is 4.59. The summed E-state index contributed by atoms with van der Waals surface area (Å²) in [7, 11) is 0. The standard InChI is InChI=1S/C13H8N4S/c18-8-15-9-5-6-14-12(7-9)13-16-10-3-1-2-4-11(10)17-13/h1-7H,(H,16,17). The minimum Gasteiger partial charge on any atom is -0.337 e. The average Bonchev–Trinajstić information content (AvgIpc) is 2.83. The Morgan fingerprint density at radius 2 is 2.11 bits per heavy atom. The van der Waals surface area contributed by atoms with Crippen molar-refractivity contribution in [1.29, 1.82) is 0 Å². The second kappa shape index (κ2) is 4.49. The highest BCUT2D eigenvalue weighted by molar-refractivity contribution is 7.78. The molecule has 1 N–H and O–H groups in total. The van der Waals surface area contributed by atoms with Crippen LogP contribution >= 0.6 is 12.2 Å². The van der Waals surface area contributed by atoms with Crippen molar-refractivity contribution in [2.45, 2.75) is 0 Å². The van der Waals surface area contributed by atoms with Crippen LogP contribution in [0, 0.1) is 0 Å². The molecule has 0 spiro atoms. The molecule has 4 nitrogen and oxygen atoms in total. The van der Waals surface area contributed by atoms with Crippen LogP contribution in [0.2, 0.25) is 0 Å². The van der Waals surface area contributed by atoms with Crippen molar-refractivity contribution in [2.75, 3.05) is 0 Å². The minimum atomic E-state index is 0.718. The largest absolute Gasteiger partial charge is 0.337 e. The van der Waals surface area contributed by atoms with Gasteiger partial charge in [-0.25, -0.2) is 4.98 Å². The summed E-state index contributed by atoms with van der Waals surface area (Å²) in [6, 6.07) is 11.4. The molecule has 0 atom stereocenters. The molecule has 3 aromatic rings. The second-order valence-corrected chi connectivity index (χ2v) is 3.89. The van der Waals surface area contributed by atoms with Gasteiger partial charge in [0.25, 0.3) is 0 Å². The third kappa shape index (κ3) is 1.93. The van der Waals surface area contributed by atoms with Crippen molar-refractivity contribution >= 4 is 34.1 Å². The quantitative estimate of drug-likeness (QED) is 0.562. The van der Waals surface area contributed by atoms with E-state index < -0.39 is 0 Å². The van der Waals surface area contributed by atoms with E-state index in [-0.39, 0.29) is 0 Å². The molecular formula is C13H8N4S. The Bertz CT molecular complexity index is 723. The molecule has 0 bridgehead atoms. The van der Waals surface area contributed by atoms with Crippen LogP contribution < -0.4 is 0 Å². The smallest absolute Gasteiger partial charge is 0.157 e. The third-order valence-corrected chi connectivity index (χ3v) is 2.64. The molecule has 0 radical (unpaired) electrons. The fraction of sp³-hybridized carbons (Fsp3) is 0. The van der Waals surface area contributed by atoms with Crippen LogP contribution in [0.15, 0.2) is 47.6 Å². The molecule has 0 aliphatic carbocycles. The number of benzene rings is 1. The Hall–Kier alpha value is -2.36. The van der Waals surface area contributed by atoms with Gasteiger partial charge >= 0.3 is 0 Å². The molecule has 0 amide bonds. The lowest BCUT2D eigenvalue weighted by Gasteiger charge is -1.96. The first kappa shape index (κ1) is 10.8. The van der Waals surface area contributed by atoms with Crippen molar-refractivity contribution < 1.29 is 0 Å². The van der Waals surface area contributed by atoms with Gasteiger partial charge in [0.1, 0.15) is 5.69 Å². The van der Waals surface area contributed by atoms with E-state index in [1.54, 1.807) is 12.3 Å². The first-order chi connectivity index (χ1) is 8.86. The lowest BCUT2D eigenvalue weighted by Crippen LogP contribution is -1.84. The van der Waals surface area contributed by atoms with Gasteiger partial charge in [-0.2, -0.15) is 4.99 Å². The predicted molar refractivity (Wildman–Crippen MR) is 74.0 cm³/mol. The number of aliphatic imine (C=N–C) groups is 1. The lowest BCUT2D eigenvalue weighted by molar-refractivity contribution is 1.23. The molecule has 0 aliphatic rings. The summed E-state index contributed by atoms with van der Waals surface area (Å²) in [5.41, 5.74) is 3.35. The zero-order valence-corrected chi connectivity index (χ0v) is 10.1. The molecule has 1 aromatic carbocycles. The average molecular weight is 252 g/mol. The van der Waals surface area contributed by atoms with Gasteiger partial charge in [0, 0.05) is 6.20 Å². The number of para-hydroxylation sites is 2. The van der Waals surface area contributed by atoms with E-state index in [4.69, 9.17) is 0 Å². The molecule has 5 heteroatoms. The minimum absolute atomic E-state index is 0.718. The number of isothiocyanates is 1. The number of aromatic amines is 1. The Labute approximate surface area is 108 Å². The van der Waals surface area contributed by atoms with Crippen LogP contribution in [0.1, 0.15) is 0 Å². The molecule has 2 aromatic heterocycles. The molecule has 18 heavy (non-hydrogen) atoms. The van der Waals surface area contributed by atoms with Gasteiger partial charge in [0.05, 0.1) is 21.9 Å². The number of imidazole rings is 1. The number of nitrogens with one attached hydrogen (secondary N) is 1. The Balaban J connectivity index is 2.13. The number of nitrogens with zero attached hydrogens (tertiary/aromatic N) is 3. The highest BCUT2D eigenvalue weighted by Gasteiger charge is 2.06. The third-order valence-electron chi connectivity index (χ3n) is 2.55. The van der Waals surface area contributed by atoms with Gasteiger partial charge < -0.3 is 4.98 Å². The van der Waals surface area contributed by atoms with Gasteiger partial charge in [-0.3, -0.25) is 4.98 Å². The van der Waals surface area contributed by atoms with E-state index in [9.17, 15) is 0 Å². The van der Waals surface area contributed by atoms with Gasteiger partial charge in [-0.15, -0.1) is 0 Å². The monoisotopic (exact) mass is 252 g/mol. The fourth-order valence-electron chi connectivity index (χ4n) is 1.75. The molecule has 0 unspecified atom stereocenters. The summed E-state index contributed by atoms with van der Waals surface area (Å²) in [5.74, 6) is 0.720. The van der Waals surface area contributed by atoms with Gasteiger partial charge in [-0.05, 0) is 36.5 Å². The summed E-state index contributed by atoms with van der Waals surface area (Å²) in [6.45, 7) is 0. The first-order valence-corrected chi connectivity index (χ1v) is 5.77. The second-order valence-electron chi connectivity index (χ2n) is 3.70. The fourth-order valence-corrected chi connectivity index (χ4v) is 1.85. The Morgan fingerprint density at radius 3 is 2.94 bits per heavy atom. The van der Waals surface area contributed by atoms with Crippen LogP contribution in [0.25, 0.3) is 22.6 Å². The summed E-state index contributed by atoms with van der Waals surface area (Å²) in [6.07, 6.45) is 1.67. The first-order valence-electron chi connectivity index (χ1n) is 5.36. The number of thiocarbonyl (C=S) groups is 1. The van der Waals surface area contributed by atoms with E-state index >= 15 is 0 Å². The maximum absolute atomic E-state index is 4.59. The number of rotatable bonds is 2. The van der Waals surface area contributed by atoms with E-state index in [2.05, 4.69) is 37.3 Å². The van der Waals surface area contributed by atoms with Crippen molar-refractivity contribution in [2.24, 2.45) is 4.99 Å². The topological polar surface area (TPSA) is 53.9 Å². The number of fused-ring (bicyclic) bond motifs is 1. The lowest BCUT2D eigenvalue weighted by atomic mass is 10.3. The highest BCUT2D eigenvalue weighted by Crippen LogP contribution is 2.21. The molecular weight excluding hydrogens is 244 g/mol. The van der Waals surface area contributed by atoms with Gasteiger partial charge in [0.2, 0.25) is 0 Å².